The molecule has 2 aromatic carbocycles. The van der Waals surface area contributed by atoms with E-state index < -0.39 is 23.6 Å². The van der Waals surface area contributed by atoms with Crippen LogP contribution in [-0.2, 0) is 15.7 Å². The lowest BCUT2D eigenvalue weighted by Gasteiger charge is -2.21. The lowest BCUT2D eigenvalue weighted by Crippen LogP contribution is -2.30. The predicted molar refractivity (Wildman–Crippen MR) is 98.9 cm³/mol. The largest absolute Gasteiger partial charge is 0.497 e. The van der Waals surface area contributed by atoms with Gasteiger partial charge in [-0.05, 0) is 43.3 Å². The Bertz CT molecular complexity index is 952. The van der Waals surface area contributed by atoms with Gasteiger partial charge in [-0.3, -0.25) is 14.8 Å². The van der Waals surface area contributed by atoms with Gasteiger partial charge in [-0.1, -0.05) is 6.07 Å². The Morgan fingerprint density at radius 3 is 2.68 bits per heavy atom. The zero-order chi connectivity index (χ0) is 20.3. The first-order valence-electron chi connectivity index (χ1n) is 8.48. The summed E-state index contributed by atoms with van der Waals surface area (Å²) in [7, 11) is 1.49. The Balaban J connectivity index is 2.14. The van der Waals surface area contributed by atoms with Crippen LogP contribution >= 0.6 is 0 Å². The van der Waals surface area contributed by atoms with Crippen LogP contribution in [0.25, 0.3) is 0 Å². The number of fused-ring (bicyclic) bond motifs is 1. The number of rotatable bonds is 4. The number of carbonyl (C=O) groups excluding carboxylic acids is 1. The molecule has 8 heteroatoms. The van der Waals surface area contributed by atoms with Crippen LogP contribution in [0.2, 0.25) is 0 Å². The van der Waals surface area contributed by atoms with Gasteiger partial charge in [0.05, 0.1) is 36.4 Å². The maximum absolute atomic E-state index is 13.0. The van der Waals surface area contributed by atoms with Crippen LogP contribution in [0.3, 0.4) is 0 Å². The van der Waals surface area contributed by atoms with E-state index in [0.717, 1.165) is 12.1 Å². The van der Waals surface area contributed by atoms with Crippen molar-refractivity contribution in [2.75, 3.05) is 13.7 Å². The number of halogens is 3. The van der Waals surface area contributed by atoms with Crippen molar-refractivity contribution in [3.8, 4) is 5.75 Å². The molecule has 0 saturated carbocycles. The average molecular weight is 390 g/mol. The summed E-state index contributed by atoms with van der Waals surface area (Å²) in [5, 5.41) is 0. The molecule has 0 N–H and O–H groups in total. The van der Waals surface area contributed by atoms with Crippen LogP contribution in [0.4, 0.5) is 24.5 Å². The molecule has 5 nitrogen and oxygen atoms in total. The van der Waals surface area contributed by atoms with Gasteiger partial charge >= 0.3 is 12.1 Å². The van der Waals surface area contributed by atoms with Crippen LogP contribution in [0.5, 0.6) is 5.75 Å². The van der Waals surface area contributed by atoms with E-state index >= 15 is 0 Å². The first-order chi connectivity index (χ1) is 13.3. The molecular weight excluding hydrogens is 373 g/mol. The first-order valence-corrected chi connectivity index (χ1v) is 8.48. The smallest absolute Gasteiger partial charge is 0.416 e. The van der Waals surface area contributed by atoms with Gasteiger partial charge in [0.25, 0.3) is 0 Å². The third-order valence-electron chi connectivity index (χ3n) is 4.10. The molecule has 0 spiro atoms. The molecule has 0 saturated heterocycles. The molecule has 0 aromatic heterocycles. The summed E-state index contributed by atoms with van der Waals surface area (Å²) in [6.45, 7) is 1.82. The fourth-order valence-corrected chi connectivity index (χ4v) is 2.78. The van der Waals surface area contributed by atoms with Crippen molar-refractivity contribution in [2.24, 2.45) is 15.9 Å². The van der Waals surface area contributed by atoms with E-state index in [-0.39, 0.29) is 18.0 Å². The molecule has 1 heterocycles. The molecule has 2 aromatic rings. The van der Waals surface area contributed by atoms with E-state index in [9.17, 15) is 18.0 Å². The maximum Gasteiger partial charge on any atom is 0.416 e. The molecule has 0 bridgehead atoms. The van der Waals surface area contributed by atoms with E-state index in [2.05, 4.69) is 9.98 Å². The minimum absolute atomic E-state index is 0.0724. The van der Waals surface area contributed by atoms with Crippen molar-refractivity contribution in [1.82, 2.24) is 0 Å². The van der Waals surface area contributed by atoms with Crippen LogP contribution in [0.1, 0.15) is 18.1 Å². The molecule has 0 aliphatic carbocycles. The number of aliphatic imine (C=N–C) groups is 2. The standard InChI is InChI=1S/C20H17F3N2O3/c1-3-28-19(26)16-11-24-17-8-7-14(27-2)10-15(17)18(16)25-13-6-4-5-12(9-13)20(21,22)23/h4-11,16H,3H2,1-2H3. The van der Waals surface area contributed by atoms with Crippen LogP contribution in [-0.4, -0.2) is 31.6 Å². The van der Waals surface area contributed by atoms with Gasteiger partial charge < -0.3 is 9.47 Å². The molecule has 3 rings (SSSR count). The van der Waals surface area contributed by atoms with E-state index in [1.54, 1.807) is 25.1 Å². The molecule has 1 unspecified atom stereocenters. The number of methoxy groups -OCH3 is 1. The quantitative estimate of drug-likeness (QED) is 0.709. The predicted octanol–water partition coefficient (Wildman–Crippen LogP) is 4.73. The van der Waals surface area contributed by atoms with E-state index in [1.165, 1.54) is 25.5 Å². The summed E-state index contributed by atoms with van der Waals surface area (Å²) >= 11 is 0. The maximum atomic E-state index is 13.0. The number of hydrogen-bond acceptors (Lipinski definition) is 5. The van der Waals surface area contributed by atoms with Gasteiger partial charge in [-0.15, -0.1) is 0 Å². The van der Waals surface area contributed by atoms with Crippen molar-refractivity contribution in [1.29, 1.82) is 0 Å². The second-order valence-electron chi connectivity index (χ2n) is 5.94. The number of carbonyl (C=O) groups is 1. The molecule has 0 amide bonds. The average Bonchev–Trinajstić information content (AvgIpc) is 2.67. The zero-order valence-electron chi connectivity index (χ0n) is 15.2. The third-order valence-corrected chi connectivity index (χ3v) is 4.10. The first kappa shape index (κ1) is 19.6. The van der Waals surface area contributed by atoms with Gasteiger partial charge in [0.2, 0.25) is 0 Å². The van der Waals surface area contributed by atoms with Crippen LogP contribution in [0.15, 0.2) is 52.4 Å². The number of nitrogens with zero attached hydrogens (tertiary/aromatic N) is 2. The molecule has 146 valence electrons. The number of ether oxygens (including phenoxy) is 2. The Morgan fingerprint density at radius 1 is 1.21 bits per heavy atom. The number of benzene rings is 2. The highest BCUT2D eigenvalue weighted by atomic mass is 19.4. The highest BCUT2D eigenvalue weighted by Crippen LogP contribution is 2.34. The van der Waals surface area contributed by atoms with Crippen molar-refractivity contribution in [3.05, 3.63) is 53.6 Å². The van der Waals surface area contributed by atoms with Crippen molar-refractivity contribution in [2.45, 2.75) is 13.1 Å². The fraction of sp³-hybridized carbons (Fsp3) is 0.250. The van der Waals surface area contributed by atoms with Crippen molar-refractivity contribution in [3.63, 3.8) is 0 Å². The minimum atomic E-state index is -4.49. The molecule has 1 atom stereocenters. The molecule has 0 fully saturated rings. The van der Waals surface area contributed by atoms with Crippen LogP contribution in [0, 0.1) is 5.92 Å². The van der Waals surface area contributed by atoms with Crippen molar-refractivity contribution >= 4 is 29.3 Å². The van der Waals surface area contributed by atoms with Gasteiger partial charge in [0.1, 0.15) is 11.7 Å². The number of esters is 1. The second-order valence-corrected chi connectivity index (χ2v) is 5.94. The number of alkyl halides is 3. The highest BCUT2D eigenvalue weighted by molar-refractivity contribution is 6.25. The summed E-state index contributed by atoms with van der Waals surface area (Å²) in [6, 6.07) is 9.63. The topological polar surface area (TPSA) is 60.2 Å². The van der Waals surface area contributed by atoms with Gasteiger partial charge in [-0.2, -0.15) is 13.2 Å². The second kappa shape index (κ2) is 7.84. The van der Waals surface area contributed by atoms with E-state index in [1.807, 2.05) is 0 Å². The lowest BCUT2D eigenvalue weighted by molar-refractivity contribution is -0.143. The van der Waals surface area contributed by atoms with Gasteiger partial charge in [0.15, 0.2) is 0 Å². The minimum Gasteiger partial charge on any atom is -0.497 e. The van der Waals surface area contributed by atoms with Gasteiger partial charge in [0, 0.05) is 11.8 Å². The number of hydrogen-bond donors (Lipinski definition) is 0. The van der Waals surface area contributed by atoms with Crippen LogP contribution < -0.4 is 4.74 Å². The molecular formula is C20H17F3N2O3. The summed E-state index contributed by atoms with van der Waals surface area (Å²) in [6.07, 6.45) is -3.11. The Kier molecular flexibility index (Phi) is 5.48. The fourth-order valence-electron chi connectivity index (χ4n) is 2.78. The lowest BCUT2D eigenvalue weighted by atomic mass is 9.93. The Labute approximate surface area is 159 Å². The normalized spacial score (nSPS) is 17.3. The van der Waals surface area contributed by atoms with Crippen molar-refractivity contribution < 1.29 is 27.4 Å². The molecule has 28 heavy (non-hydrogen) atoms. The summed E-state index contributed by atoms with van der Waals surface area (Å²) < 4.78 is 49.4. The SMILES string of the molecule is CCOC(=O)C1C=Nc2ccc(OC)cc2C1=Nc1cccc(C(F)(F)F)c1. The summed E-state index contributed by atoms with van der Waals surface area (Å²) in [4.78, 5) is 21.0. The Morgan fingerprint density at radius 2 is 2.00 bits per heavy atom. The molecule has 0 radical (unpaired) electrons. The highest BCUT2D eigenvalue weighted by Gasteiger charge is 2.32. The molecule has 1 aliphatic heterocycles. The zero-order valence-corrected chi connectivity index (χ0v) is 15.2. The summed E-state index contributed by atoms with van der Waals surface area (Å²) in [5.41, 5.74) is 0.534. The monoisotopic (exact) mass is 390 g/mol. The van der Waals surface area contributed by atoms with E-state index in [4.69, 9.17) is 9.47 Å². The molecule has 1 aliphatic rings. The third kappa shape index (κ3) is 4.05. The summed E-state index contributed by atoms with van der Waals surface area (Å²) in [5.74, 6) is -1.00. The van der Waals surface area contributed by atoms with Gasteiger partial charge in [-0.25, -0.2) is 0 Å². The van der Waals surface area contributed by atoms with E-state index in [0.29, 0.717) is 17.0 Å². The Hall–Kier alpha value is -3.16.